The second-order valence-corrected chi connectivity index (χ2v) is 4.04. The molecule has 0 aliphatic rings. The number of halogens is 6. The van der Waals surface area contributed by atoms with E-state index in [1.807, 2.05) is 0 Å². The summed E-state index contributed by atoms with van der Waals surface area (Å²) in [5.41, 5.74) is -0.756. The van der Waals surface area contributed by atoms with Crippen molar-refractivity contribution < 1.29 is 13.2 Å². The lowest BCUT2D eigenvalue weighted by atomic mass is 10.1. The van der Waals surface area contributed by atoms with E-state index >= 15 is 0 Å². The van der Waals surface area contributed by atoms with Crippen LogP contribution in [0.15, 0.2) is 18.2 Å². The second kappa shape index (κ2) is 4.17. The Labute approximate surface area is 93.6 Å². The van der Waals surface area contributed by atoms with E-state index in [0.717, 1.165) is 18.2 Å². The van der Waals surface area contributed by atoms with Crippen LogP contribution in [0, 0.1) is 0 Å². The van der Waals surface area contributed by atoms with Gasteiger partial charge in [-0.05, 0) is 18.2 Å². The number of rotatable bonds is 1. The van der Waals surface area contributed by atoms with Crippen molar-refractivity contribution in [2.45, 2.75) is 11.0 Å². The molecule has 6 heteroatoms. The van der Waals surface area contributed by atoms with Crippen molar-refractivity contribution in [2.24, 2.45) is 0 Å². The molecule has 0 atom stereocenters. The van der Waals surface area contributed by atoms with Gasteiger partial charge in [0.05, 0.1) is 5.56 Å². The molecule has 1 aromatic carbocycles. The van der Waals surface area contributed by atoms with Crippen molar-refractivity contribution in [3.05, 3.63) is 34.3 Å². The zero-order valence-corrected chi connectivity index (χ0v) is 8.84. The first kappa shape index (κ1) is 12.0. The smallest absolute Gasteiger partial charge is 0.166 e. The van der Waals surface area contributed by atoms with E-state index in [2.05, 4.69) is 0 Å². The van der Waals surface area contributed by atoms with Gasteiger partial charge in [-0.3, -0.25) is 0 Å². The molecule has 0 unspecified atom stereocenters. The Morgan fingerprint density at radius 1 is 1.14 bits per heavy atom. The minimum atomic E-state index is -4.41. The fraction of sp³-hybridized carbons (Fsp3) is 0.250. The lowest BCUT2D eigenvalue weighted by Crippen LogP contribution is -2.05. The predicted molar refractivity (Wildman–Crippen MR) is 50.9 cm³/mol. The highest BCUT2D eigenvalue weighted by molar-refractivity contribution is 6.45. The van der Waals surface area contributed by atoms with Gasteiger partial charge in [0.1, 0.15) is 4.84 Å². The lowest BCUT2D eigenvalue weighted by molar-refractivity contribution is -0.137. The molecule has 0 spiro atoms. The van der Waals surface area contributed by atoms with Gasteiger partial charge in [0.15, 0.2) is 0 Å². The molecule has 0 amide bonds. The van der Waals surface area contributed by atoms with Crippen molar-refractivity contribution in [1.29, 1.82) is 0 Å². The molecule has 0 N–H and O–H groups in total. The molecule has 0 bridgehead atoms. The highest BCUT2D eigenvalue weighted by Gasteiger charge is 2.31. The Kier molecular flexibility index (Phi) is 3.56. The largest absolute Gasteiger partial charge is 0.416 e. The van der Waals surface area contributed by atoms with E-state index in [4.69, 9.17) is 34.8 Å². The summed E-state index contributed by atoms with van der Waals surface area (Å²) in [6.07, 6.45) is -4.41. The van der Waals surface area contributed by atoms with E-state index < -0.39 is 16.6 Å². The Bertz CT molecular complexity index is 333. The maximum absolute atomic E-state index is 12.2. The number of hydrogen-bond donors (Lipinski definition) is 0. The van der Waals surface area contributed by atoms with E-state index in [1.54, 1.807) is 0 Å². The topological polar surface area (TPSA) is 0 Å². The van der Waals surface area contributed by atoms with E-state index in [-0.39, 0.29) is 10.6 Å². The van der Waals surface area contributed by atoms with Crippen molar-refractivity contribution in [3.8, 4) is 0 Å². The van der Waals surface area contributed by atoms with Gasteiger partial charge in [0.25, 0.3) is 0 Å². The maximum atomic E-state index is 12.2. The summed E-state index contributed by atoms with van der Waals surface area (Å²) in [4.78, 5) is -1.06. The van der Waals surface area contributed by atoms with Crippen LogP contribution in [0.1, 0.15) is 16.0 Å². The highest BCUT2D eigenvalue weighted by atomic mass is 35.5. The van der Waals surface area contributed by atoms with Gasteiger partial charge in [-0.25, -0.2) is 0 Å². The highest BCUT2D eigenvalue weighted by Crippen LogP contribution is 2.36. The molecular weight excluding hydrogens is 259 g/mol. The van der Waals surface area contributed by atoms with Crippen molar-refractivity contribution in [3.63, 3.8) is 0 Å². The molecule has 0 heterocycles. The summed E-state index contributed by atoms with van der Waals surface area (Å²) in [6.45, 7) is 0. The van der Waals surface area contributed by atoms with E-state index in [9.17, 15) is 13.2 Å². The van der Waals surface area contributed by atoms with Crippen LogP contribution in [0.4, 0.5) is 13.2 Å². The van der Waals surface area contributed by atoms with Crippen LogP contribution in [-0.2, 0) is 6.18 Å². The third kappa shape index (κ3) is 2.69. The minimum absolute atomic E-state index is 0.0600. The van der Waals surface area contributed by atoms with Gasteiger partial charge < -0.3 is 0 Å². The van der Waals surface area contributed by atoms with Crippen LogP contribution < -0.4 is 0 Å². The number of hydrogen-bond acceptors (Lipinski definition) is 0. The molecular formula is C8H4Cl3F3. The number of benzene rings is 1. The average molecular weight is 263 g/mol. The van der Waals surface area contributed by atoms with Crippen LogP contribution >= 0.6 is 34.8 Å². The zero-order valence-electron chi connectivity index (χ0n) is 6.58. The average Bonchev–Trinajstić information content (AvgIpc) is 2.02. The summed E-state index contributed by atoms with van der Waals surface area (Å²) in [5.74, 6) is 0. The molecule has 0 radical (unpaired) electrons. The zero-order chi connectivity index (χ0) is 10.9. The second-order valence-electron chi connectivity index (χ2n) is 2.53. The molecule has 0 aliphatic heterocycles. The van der Waals surface area contributed by atoms with Crippen LogP contribution in [0.2, 0.25) is 5.02 Å². The van der Waals surface area contributed by atoms with E-state index in [1.165, 1.54) is 0 Å². The Morgan fingerprint density at radius 3 is 2.14 bits per heavy atom. The van der Waals surface area contributed by atoms with Crippen molar-refractivity contribution in [2.75, 3.05) is 0 Å². The summed E-state index contributed by atoms with van der Waals surface area (Å²) in [7, 11) is 0. The van der Waals surface area contributed by atoms with E-state index in [0.29, 0.717) is 0 Å². The van der Waals surface area contributed by atoms with Crippen LogP contribution in [0.25, 0.3) is 0 Å². The molecule has 14 heavy (non-hydrogen) atoms. The van der Waals surface area contributed by atoms with Crippen LogP contribution in [0.5, 0.6) is 0 Å². The van der Waals surface area contributed by atoms with Gasteiger partial charge >= 0.3 is 6.18 Å². The predicted octanol–water partition coefficient (Wildman–Crippen LogP) is 4.84. The van der Waals surface area contributed by atoms with Gasteiger partial charge in [0, 0.05) is 10.6 Å². The molecule has 1 rings (SSSR count). The van der Waals surface area contributed by atoms with Gasteiger partial charge in [0.2, 0.25) is 0 Å². The first-order valence-corrected chi connectivity index (χ1v) is 4.72. The summed E-state index contributed by atoms with van der Waals surface area (Å²) in [5, 5.41) is 0.119. The van der Waals surface area contributed by atoms with Crippen LogP contribution in [-0.4, -0.2) is 0 Å². The molecule has 0 aromatic heterocycles. The Morgan fingerprint density at radius 2 is 1.71 bits per heavy atom. The van der Waals surface area contributed by atoms with Gasteiger partial charge in [-0.1, -0.05) is 11.6 Å². The maximum Gasteiger partial charge on any atom is 0.416 e. The van der Waals surface area contributed by atoms with Crippen molar-refractivity contribution >= 4 is 34.8 Å². The molecule has 1 aromatic rings. The molecule has 78 valence electrons. The molecule has 0 aliphatic carbocycles. The minimum Gasteiger partial charge on any atom is -0.166 e. The lowest BCUT2D eigenvalue weighted by Gasteiger charge is -2.10. The standard InChI is InChI=1S/C8H4Cl3F3/c9-6-2-1-4(8(12,13)14)3-5(6)7(10)11/h1-3,7H. The SMILES string of the molecule is FC(F)(F)c1ccc(Cl)c(C(Cl)Cl)c1. The fourth-order valence-electron chi connectivity index (χ4n) is 0.887. The van der Waals surface area contributed by atoms with Gasteiger partial charge in [-0.2, -0.15) is 13.2 Å². The molecule has 0 fully saturated rings. The molecule has 0 saturated heterocycles. The normalized spacial score (nSPS) is 12.2. The first-order chi connectivity index (χ1) is 6.32. The third-order valence-corrected chi connectivity index (χ3v) is 2.37. The molecule has 0 nitrogen and oxygen atoms in total. The first-order valence-electron chi connectivity index (χ1n) is 3.47. The summed E-state index contributed by atoms with van der Waals surface area (Å²) < 4.78 is 36.7. The van der Waals surface area contributed by atoms with Crippen LogP contribution in [0.3, 0.4) is 0 Å². The fourth-order valence-corrected chi connectivity index (χ4v) is 1.59. The van der Waals surface area contributed by atoms with Crippen molar-refractivity contribution in [1.82, 2.24) is 0 Å². The number of alkyl halides is 5. The quantitative estimate of drug-likeness (QED) is 0.636. The summed E-state index contributed by atoms with van der Waals surface area (Å²) >= 11 is 16.5. The summed E-state index contributed by atoms with van der Waals surface area (Å²) in [6, 6.07) is 2.84. The molecule has 0 saturated carbocycles. The Hall–Kier alpha value is -0.120. The monoisotopic (exact) mass is 262 g/mol. The van der Waals surface area contributed by atoms with Gasteiger partial charge in [-0.15, -0.1) is 23.2 Å². The third-order valence-electron chi connectivity index (χ3n) is 1.56. The Balaban J connectivity index is 3.20.